The molecule has 3 aliphatic carbocycles. The molecule has 0 aromatic carbocycles. The molecule has 0 radical (unpaired) electrons. The van der Waals surface area contributed by atoms with E-state index in [0.717, 1.165) is 12.8 Å². The quantitative estimate of drug-likeness (QED) is 0.561. The first-order chi connectivity index (χ1) is 6.28. The van der Waals surface area contributed by atoms with Gasteiger partial charge in [0.2, 0.25) is 0 Å². The van der Waals surface area contributed by atoms with E-state index in [2.05, 4.69) is 19.1 Å². The van der Waals surface area contributed by atoms with Crippen molar-refractivity contribution in [1.29, 1.82) is 0 Å². The van der Waals surface area contributed by atoms with Gasteiger partial charge < -0.3 is 0 Å². The zero-order valence-corrected chi connectivity index (χ0v) is 8.12. The molecular weight excluding hydrogens is 160 g/mol. The topological polar surface area (TPSA) is 17.1 Å². The van der Waals surface area contributed by atoms with Crippen molar-refractivity contribution >= 4 is 5.78 Å². The summed E-state index contributed by atoms with van der Waals surface area (Å²) in [5.41, 5.74) is 0.0775. The van der Waals surface area contributed by atoms with Crippen LogP contribution in [-0.4, -0.2) is 5.78 Å². The molecule has 1 heteroatoms. The highest BCUT2D eigenvalue weighted by Crippen LogP contribution is 2.59. The fourth-order valence-electron chi connectivity index (χ4n) is 3.86. The van der Waals surface area contributed by atoms with Gasteiger partial charge in [-0.1, -0.05) is 19.1 Å². The number of allylic oxidation sites excluding steroid dienone is 2. The van der Waals surface area contributed by atoms with Crippen LogP contribution in [-0.2, 0) is 4.79 Å². The van der Waals surface area contributed by atoms with Crippen LogP contribution >= 0.6 is 0 Å². The Morgan fingerprint density at radius 2 is 2.38 bits per heavy atom. The third kappa shape index (κ3) is 0.722. The zero-order valence-electron chi connectivity index (χ0n) is 8.12. The van der Waals surface area contributed by atoms with E-state index >= 15 is 0 Å². The summed E-state index contributed by atoms with van der Waals surface area (Å²) in [5.74, 6) is 2.20. The molecule has 0 aromatic heterocycles. The van der Waals surface area contributed by atoms with Crippen LogP contribution in [0.5, 0.6) is 0 Å². The van der Waals surface area contributed by atoms with Crippen molar-refractivity contribution in [2.75, 3.05) is 0 Å². The molecule has 0 saturated heterocycles. The van der Waals surface area contributed by atoms with Gasteiger partial charge in [-0.15, -0.1) is 0 Å². The summed E-state index contributed by atoms with van der Waals surface area (Å²) in [6.45, 7) is 2.19. The zero-order chi connectivity index (χ0) is 9.05. The Kier molecular flexibility index (Phi) is 1.35. The van der Waals surface area contributed by atoms with Crippen LogP contribution < -0.4 is 0 Å². The van der Waals surface area contributed by atoms with Crippen LogP contribution in [0.2, 0.25) is 0 Å². The fourth-order valence-corrected chi connectivity index (χ4v) is 3.86. The number of carbonyl (C=O) groups excluding carboxylic acids is 1. The highest BCUT2D eigenvalue weighted by molar-refractivity contribution is 5.91. The van der Waals surface area contributed by atoms with E-state index in [-0.39, 0.29) is 5.41 Å². The van der Waals surface area contributed by atoms with Gasteiger partial charge in [0.25, 0.3) is 0 Å². The Morgan fingerprint density at radius 3 is 3.15 bits per heavy atom. The van der Waals surface area contributed by atoms with E-state index in [0.29, 0.717) is 23.5 Å². The summed E-state index contributed by atoms with van der Waals surface area (Å²) >= 11 is 0. The van der Waals surface area contributed by atoms with Gasteiger partial charge in [-0.25, -0.2) is 0 Å². The second kappa shape index (κ2) is 2.26. The maximum atomic E-state index is 12.2. The predicted molar refractivity (Wildman–Crippen MR) is 51.2 cm³/mol. The molecule has 0 heterocycles. The standard InChI is InChI=1S/C12H16O/c1-2-12-6-5-10(11(12)13)8-3-4-9(12)7-8/h3-4,8-10H,2,5-7H2,1H3/t8-,9+,10+,12-/m0/s1. The van der Waals surface area contributed by atoms with Crippen LogP contribution in [0, 0.1) is 23.2 Å². The molecule has 0 unspecified atom stereocenters. The van der Waals surface area contributed by atoms with E-state index in [9.17, 15) is 4.79 Å². The lowest BCUT2D eigenvalue weighted by molar-refractivity contribution is -0.134. The molecule has 0 aliphatic heterocycles. The first kappa shape index (κ1) is 7.78. The van der Waals surface area contributed by atoms with Crippen molar-refractivity contribution in [2.24, 2.45) is 23.2 Å². The monoisotopic (exact) mass is 176 g/mol. The van der Waals surface area contributed by atoms with Crippen molar-refractivity contribution < 1.29 is 4.79 Å². The minimum absolute atomic E-state index is 0.0775. The van der Waals surface area contributed by atoms with Gasteiger partial charge in [0.1, 0.15) is 5.78 Å². The molecule has 3 rings (SSSR count). The van der Waals surface area contributed by atoms with E-state index in [1.807, 2.05) is 0 Å². The van der Waals surface area contributed by atoms with Gasteiger partial charge in [-0.2, -0.15) is 0 Å². The van der Waals surface area contributed by atoms with Gasteiger partial charge in [0, 0.05) is 11.3 Å². The Labute approximate surface area is 79.2 Å². The van der Waals surface area contributed by atoms with Gasteiger partial charge in [-0.05, 0) is 37.5 Å². The van der Waals surface area contributed by atoms with Gasteiger partial charge in [0.05, 0.1) is 0 Å². The Hall–Kier alpha value is -0.590. The fraction of sp³-hybridized carbons (Fsp3) is 0.750. The van der Waals surface area contributed by atoms with Crippen molar-refractivity contribution in [3.05, 3.63) is 12.2 Å². The van der Waals surface area contributed by atoms with E-state index in [1.54, 1.807) is 0 Å². The summed E-state index contributed by atoms with van der Waals surface area (Å²) in [6.07, 6.45) is 9.29. The third-order valence-electron chi connectivity index (χ3n) is 4.70. The number of carbonyl (C=O) groups is 1. The van der Waals surface area contributed by atoms with E-state index in [1.165, 1.54) is 12.8 Å². The Bertz CT molecular complexity index is 291. The lowest BCUT2D eigenvalue weighted by Crippen LogP contribution is -2.39. The minimum Gasteiger partial charge on any atom is -0.299 e. The Balaban J connectivity index is 2.11. The first-order valence-corrected chi connectivity index (χ1v) is 5.50. The number of hydrogen-bond acceptors (Lipinski definition) is 1. The molecule has 0 amide bonds. The minimum atomic E-state index is 0.0775. The maximum absolute atomic E-state index is 12.2. The maximum Gasteiger partial charge on any atom is 0.143 e. The lowest BCUT2D eigenvalue weighted by Gasteiger charge is -2.36. The third-order valence-corrected chi connectivity index (χ3v) is 4.70. The number of hydrogen-bond donors (Lipinski definition) is 0. The molecule has 0 N–H and O–H groups in total. The summed E-state index contributed by atoms with van der Waals surface area (Å²) in [5, 5.41) is 0. The van der Waals surface area contributed by atoms with Crippen LogP contribution in [0.15, 0.2) is 12.2 Å². The summed E-state index contributed by atoms with van der Waals surface area (Å²) in [7, 11) is 0. The highest BCUT2D eigenvalue weighted by Gasteiger charge is 2.58. The largest absolute Gasteiger partial charge is 0.299 e. The SMILES string of the molecule is CC[C@@]12CC[C@@H](C1=O)[C@H]1C=C[C@@H]2C1. The molecule has 4 bridgehead atoms. The average molecular weight is 176 g/mol. The summed E-state index contributed by atoms with van der Waals surface area (Å²) in [6, 6.07) is 0. The van der Waals surface area contributed by atoms with Crippen molar-refractivity contribution in [3.63, 3.8) is 0 Å². The number of fused-ring (bicyclic) bond motifs is 6. The second-order valence-corrected chi connectivity index (χ2v) is 4.91. The van der Waals surface area contributed by atoms with Crippen molar-refractivity contribution in [3.8, 4) is 0 Å². The second-order valence-electron chi connectivity index (χ2n) is 4.91. The number of Topliss-reactive ketones (excluding diaryl/α,β-unsaturated/α-hetero) is 1. The highest BCUT2D eigenvalue weighted by atomic mass is 16.1. The van der Waals surface area contributed by atoms with Crippen LogP contribution in [0.1, 0.15) is 32.6 Å². The number of ketones is 1. The normalized spacial score (nSPS) is 51.8. The molecule has 0 aromatic rings. The lowest BCUT2D eigenvalue weighted by atomic mass is 9.65. The van der Waals surface area contributed by atoms with Crippen LogP contribution in [0.25, 0.3) is 0 Å². The summed E-state index contributed by atoms with van der Waals surface area (Å²) in [4.78, 5) is 12.2. The average Bonchev–Trinajstić information content (AvgIpc) is 2.61. The molecule has 1 nitrogen and oxygen atoms in total. The molecule has 0 spiro atoms. The predicted octanol–water partition coefficient (Wildman–Crippen LogP) is 2.57. The van der Waals surface area contributed by atoms with Gasteiger partial charge >= 0.3 is 0 Å². The molecular formula is C12H16O. The van der Waals surface area contributed by atoms with Crippen molar-refractivity contribution in [1.82, 2.24) is 0 Å². The van der Waals surface area contributed by atoms with E-state index in [4.69, 9.17) is 0 Å². The van der Waals surface area contributed by atoms with E-state index < -0.39 is 0 Å². The molecule has 2 saturated carbocycles. The number of rotatable bonds is 1. The molecule has 2 fully saturated rings. The van der Waals surface area contributed by atoms with Gasteiger partial charge in [0.15, 0.2) is 0 Å². The molecule has 4 atom stereocenters. The molecule has 70 valence electrons. The van der Waals surface area contributed by atoms with Crippen LogP contribution in [0.3, 0.4) is 0 Å². The molecule has 13 heavy (non-hydrogen) atoms. The first-order valence-electron chi connectivity index (χ1n) is 5.50. The van der Waals surface area contributed by atoms with Crippen molar-refractivity contribution in [2.45, 2.75) is 32.6 Å². The van der Waals surface area contributed by atoms with Gasteiger partial charge in [-0.3, -0.25) is 4.79 Å². The Morgan fingerprint density at radius 1 is 1.54 bits per heavy atom. The summed E-state index contributed by atoms with van der Waals surface area (Å²) < 4.78 is 0. The smallest absolute Gasteiger partial charge is 0.143 e. The van der Waals surface area contributed by atoms with Crippen LogP contribution in [0.4, 0.5) is 0 Å². The molecule has 3 aliphatic rings.